The molecule has 0 heterocycles. The highest BCUT2D eigenvalue weighted by atomic mass is 32.2. The van der Waals surface area contributed by atoms with E-state index in [1.165, 1.54) is 6.07 Å². The third kappa shape index (κ3) is 6.08. The summed E-state index contributed by atoms with van der Waals surface area (Å²) in [5.74, 6) is 2.14. The summed E-state index contributed by atoms with van der Waals surface area (Å²) in [6, 6.07) is 7.74. The molecule has 2 atom stereocenters. The number of rotatable bonds is 7. The van der Waals surface area contributed by atoms with E-state index in [0.717, 1.165) is 23.5 Å². The molecule has 1 aromatic carbocycles. The Hall–Kier alpha value is -0.540. The van der Waals surface area contributed by atoms with Crippen LogP contribution in [0.3, 0.4) is 0 Å². The van der Waals surface area contributed by atoms with Crippen LogP contribution in [0.4, 0.5) is 4.39 Å². The molecule has 0 aromatic heterocycles. The SMILES string of the molecule is CCSCC(C)NC(C)Cc1cccc(F)c1. The molecule has 0 saturated heterocycles. The maximum absolute atomic E-state index is 13.0. The van der Waals surface area contributed by atoms with Gasteiger partial charge in [0, 0.05) is 17.8 Å². The number of hydrogen-bond acceptors (Lipinski definition) is 2. The molecule has 0 fully saturated rings. The van der Waals surface area contributed by atoms with Crippen LogP contribution in [0.1, 0.15) is 26.3 Å². The third-order valence-corrected chi connectivity index (χ3v) is 3.72. The lowest BCUT2D eigenvalue weighted by atomic mass is 10.1. The molecule has 17 heavy (non-hydrogen) atoms. The first-order valence-corrected chi connectivity index (χ1v) is 7.35. The monoisotopic (exact) mass is 255 g/mol. The lowest BCUT2D eigenvalue weighted by Crippen LogP contribution is -2.37. The quantitative estimate of drug-likeness (QED) is 0.800. The van der Waals surface area contributed by atoms with Crippen molar-refractivity contribution in [2.45, 2.75) is 39.3 Å². The van der Waals surface area contributed by atoms with Gasteiger partial charge in [0.1, 0.15) is 5.82 Å². The van der Waals surface area contributed by atoms with E-state index < -0.39 is 0 Å². The van der Waals surface area contributed by atoms with Crippen LogP contribution in [-0.2, 0) is 6.42 Å². The largest absolute Gasteiger partial charge is 0.311 e. The Balaban J connectivity index is 2.36. The molecule has 0 aliphatic carbocycles. The van der Waals surface area contributed by atoms with Gasteiger partial charge in [-0.2, -0.15) is 11.8 Å². The molecule has 0 saturated carbocycles. The molecule has 0 bridgehead atoms. The van der Waals surface area contributed by atoms with E-state index in [2.05, 4.69) is 26.1 Å². The van der Waals surface area contributed by atoms with Gasteiger partial charge in [-0.15, -0.1) is 0 Å². The molecular weight excluding hydrogens is 233 g/mol. The van der Waals surface area contributed by atoms with E-state index in [-0.39, 0.29) is 5.82 Å². The van der Waals surface area contributed by atoms with Crippen molar-refractivity contribution in [3.05, 3.63) is 35.6 Å². The fourth-order valence-electron chi connectivity index (χ4n) is 1.90. The topological polar surface area (TPSA) is 12.0 Å². The second kappa shape index (κ2) is 7.72. The molecule has 0 aliphatic heterocycles. The van der Waals surface area contributed by atoms with E-state index in [1.54, 1.807) is 12.1 Å². The molecule has 0 spiro atoms. The van der Waals surface area contributed by atoms with Crippen LogP contribution in [0.5, 0.6) is 0 Å². The molecule has 1 rings (SSSR count). The normalized spacial score (nSPS) is 14.6. The van der Waals surface area contributed by atoms with Gasteiger partial charge in [0.05, 0.1) is 0 Å². The van der Waals surface area contributed by atoms with Crippen molar-refractivity contribution in [2.24, 2.45) is 0 Å². The number of halogens is 1. The highest BCUT2D eigenvalue weighted by Gasteiger charge is 2.08. The van der Waals surface area contributed by atoms with Crippen LogP contribution in [-0.4, -0.2) is 23.6 Å². The van der Waals surface area contributed by atoms with Crippen molar-refractivity contribution < 1.29 is 4.39 Å². The molecule has 2 unspecified atom stereocenters. The van der Waals surface area contributed by atoms with Crippen LogP contribution >= 0.6 is 11.8 Å². The first kappa shape index (κ1) is 14.5. The lowest BCUT2D eigenvalue weighted by Gasteiger charge is -2.19. The van der Waals surface area contributed by atoms with Crippen molar-refractivity contribution in [2.75, 3.05) is 11.5 Å². The molecule has 0 radical (unpaired) electrons. The van der Waals surface area contributed by atoms with Crippen molar-refractivity contribution in [3.63, 3.8) is 0 Å². The van der Waals surface area contributed by atoms with Gasteiger partial charge < -0.3 is 5.32 Å². The van der Waals surface area contributed by atoms with Crippen LogP contribution in [0.15, 0.2) is 24.3 Å². The van der Waals surface area contributed by atoms with Crippen molar-refractivity contribution in [1.82, 2.24) is 5.32 Å². The Morgan fingerprint density at radius 2 is 2.06 bits per heavy atom. The number of thioether (sulfide) groups is 1. The van der Waals surface area contributed by atoms with Gasteiger partial charge in [0.25, 0.3) is 0 Å². The Kier molecular flexibility index (Phi) is 6.60. The fourth-order valence-corrected chi connectivity index (χ4v) is 2.59. The van der Waals surface area contributed by atoms with E-state index in [9.17, 15) is 4.39 Å². The van der Waals surface area contributed by atoms with E-state index in [1.807, 2.05) is 17.8 Å². The predicted molar refractivity (Wildman–Crippen MR) is 75.2 cm³/mol. The number of nitrogens with one attached hydrogen (secondary N) is 1. The smallest absolute Gasteiger partial charge is 0.123 e. The van der Waals surface area contributed by atoms with Gasteiger partial charge in [0.2, 0.25) is 0 Å². The lowest BCUT2D eigenvalue weighted by molar-refractivity contribution is 0.491. The van der Waals surface area contributed by atoms with Crippen molar-refractivity contribution in [1.29, 1.82) is 0 Å². The summed E-state index contributed by atoms with van der Waals surface area (Å²) >= 11 is 1.94. The summed E-state index contributed by atoms with van der Waals surface area (Å²) in [6.07, 6.45) is 0.874. The highest BCUT2D eigenvalue weighted by Crippen LogP contribution is 2.08. The summed E-state index contributed by atoms with van der Waals surface area (Å²) in [5.41, 5.74) is 1.06. The van der Waals surface area contributed by atoms with Crippen LogP contribution in [0.25, 0.3) is 0 Å². The van der Waals surface area contributed by atoms with Gasteiger partial charge in [-0.25, -0.2) is 4.39 Å². The summed E-state index contributed by atoms with van der Waals surface area (Å²) < 4.78 is 13.0. The summed E-state index contributed by atoms with van der Waals surface area (Å²) in [4.78, 5) is 0. The average molecular weight is 255 g/mol. The third-order valence-electron chi connectivity index (χ3n) is 2.57. The van der Waals surface area contributed by atoms with Gasteiger partial charge in [-0.05, 0) is 43.7 Å². The minimum absolute atomic E-state index is 0.149. The second-order valence-corrected chi connectivity index (χ2v) is 5.78. The van der Waals surface area contributed by atoms with E-state index >= 15 is 0 Å². The van der Waals surface area contributed by atoms with Gasteiger partial charge in [-0.3, -0.25) is 0 Å². The molecule has 1 nitrogen and oxygen atoms in total. The Morgan fingerprint density at radius 3 is 2.71 bits per heavy atom. The minimum atomic E-state index is -0.149. The van der Waals surface area contributed by atoms with Crippen molar-refractivity contribution in [3.8, 4) is 0 Å². The second-order valence-electron chi connectivity index (χ2n) is 4.46. The molecule has 1 aromatic rings. The van der Waals surface area contributed by atoms with E-state index in [4.69, 9.17) is 0 Å². The van der Waals surface area contributed by atoms with Crippen LogP contribution in [0.2, 0.25) is 0 Å². The standard InChI is InChI=1S/C14H22FNS/c1-4-17-10-12(3)16-11(2)8-13-6-5-7-14(15)9-13/h5-7,9,11-12,16H,4,8,10H2,1-3H3. The Labute approximate surface area is 108 Å². The van der Waals surface area contributed by atoms with Crippen LogP contribution in [0, 0.1) is 5.82 Å². The minimum Gasteiger partial charge on any atom is -0.311 e. The maximum Gasteiger partial charge on any atom is 0.123 e. The van der Waals surface area contributed by atoms with Gasteiger partial charge in [0.15, 0.2) is 0 Å². The maximum atomic E-state index is 13.0. The predicted octanol–water partition coefficient (Wildman–Crippen LogP) is 3.49. The van der Waals surface area contributed by atoms with E-state index in [0.29, 0.717) is 12.1 Å². The molecule has 0 aliphatic rings. The number of benzene rings is 1. The zero-order chi connectivity index (χ0) is 12.7. The number of hydrogen-bond donors (Lipinski definition) is 1. The van der Waals surface area contributed by atoms with Gasteiger partial charge in [-0.1, -0.05) is 19.1 Å². The molecule has 3 heteroatoms. The van der Waals surface area contributed by atoms with Gasteiger partial charge >= 0.3 is 0 Å². The molecular formula is C14H22FNS. The highest BCUT2D eigenvalue weighted by molar-refractivity contribution is 7.99. The molecule has 96 valence electrons. The first-order chi connectivity index (χ1) is 8.11. The molecule has 0 amide bonds. The summed E-state index contributed by atoms with van der Waals surface area (Å²) in [5, 5.41) is 3.54. The summed E-state index contributed by atoms with van der Waals surface area (Å²) in [7, 11) is 0. The molecule has 1 N–H and O–H groups in total. The fraction of sp³-hybridized carbons (Fsp3) is 0.571. The first-order valence-electron chi connectivity index (χ1n) is 6.20. The Morgan fingerprint density at radius 1 is 1.29 bits per heavy atom. The summed E-state index contributed by atoms with van der Waals surface area (Å²) in [6.45, 7) is 6.52. The van der Waals surface area contributed by atoms with Crippen molar-refractivity contribution >= 4 is 11.8 Å². The zero-order valence-corrected chi connectivity index (χ0v) is 11.7. The van der Waals surface area contributed by atoms with Crippen LogP contribution < -0.4 is 5.32 Å². The average Bonchev–Trinajstić information content (AvgIpc) is 2.26. The zero-order valence-electron chi connectivity index (χ0n) is 10.9. The Bertz CT molecular complexity index is 330.